The van der Waals surface area contributed by atoms with Crippen LogP contribution in [0.1, 0.15) is 29.2 Å². The molecule has 0 heterocycles. The quantitative estimate of drug-likeness (QED) is 0.834. The third-order valence-electron chi connectivity index (χ3n) is 3.07. The Morgan fingerprint density at radius 1 is 1.24 bits per heavy atom. The van der Waals surface area contributed by atoms with Crippen molar-refractivity contribution in [3.63, 3.8) is 0 Å². The number of benzene rings is 1. The lowest BCUT2D eigenvalue weighted by Gasteiger charge is -2.16. The molecule has 1 aromatic rings. The molecule has 2 N–H and O–H groups in total. The zero-order valence-electron chi connectivity index (χ0n) is 11.3. The minimum atomic E-state index is -0.167. The van der Waals surface area contributed by atoms with Gasteiger partial charge in [0.25, 0.3) is 0 Å². The van der Waals surface area contributed by atoms with E-state index in [2.05, 4.69) is 43.5 Å². The number of amides is 1. The van der Waals surface area contributed by atoms with Crippen molar-refractivity contribution in [3.8, 4) is 0 Å². The van der Waals surface area contributed by atoms with Gasteiger partial charge in [-0.2, -0.15) is 0 Å². The van der Waals surface area contributed by atoms with Crippen molar-refractivity contribution in [3.05, 3.63) is 34.4 Å². The van der Waals surface area contributed by atoms with Gasteiger partial charge >= 0.3 is 0 Å². The Morgan fingerprint density at radius 3 is 2.24 bits per heavy atom. The van der Waals surface area contributed by atoms with E-state index in [4.69, 9.17) is 0 Å². The number of hydrogen-bond acceptors (Lipinski definition) is 2. The number of hydrogen-bond donors (Lipinski definition) is 2. The fourth-order valence-corrected chi connectivity index (χ4v) is 2.05. The first kappa shape index (κ1) is 13.7. The molecule has 0 fully saturated rings. The summed E-state index contributed by atoms with van der Waals surface area (Å²) in [5.74, 6) is 0.0208. The third kappa shape index (κ3) is 3.56. The molecule has 1 rings (SSSR count). The van der Waals surface area contributed by atoms with E-state index in [1.165, 1.54) is 22.3 Å². The first-order valence-corrected chi connectivity index (χ1v) is 5.97. The number of likely N-dealkylation sites (N-methyl/N-ethyl adjacent to an activating group) is 1. The van der Waals surface area contributed by atoms with Gasteiger partial charge in [-0.3, -0.25) is 4.79 Å². The number of carbonyl (C=O) groups excluding carboxylic acids is 1. The highest BCUT2D eigenvalue weighted by molar-refractivity contribution is 5.80. The van der Waals surface area contributed by atoms with Crippen molar-refractivity contribution in [1.29, 1.82) is 0 Å². The fourth-order valence-electron chi connectivity index (χ4n) is 2.05. The SMILES string of the molecule is CNC(=O)C(C)NCc1c(C)cc(C)cc1C. The van der Waals surface area contributed by atoms with E-state index in [9.17, 15) is 4.79 Å². The van der Waals surface area contributed by atoms with Crippen molar-refractivity contribution < 1.29 is 4.79 Å². The van der Waals surface area contributed by atoms with E-state index in [1.807, 2.05) is 6.92 Å². The van der Waals surface area contributed by atoms with E-state index >= 15 is 0 Å². The van der Waals surface area contributed by atoms with Gasteiger partial charge in [-0.25, -0.2) is 0 Å². The molecule has 94 valence electrons. The van der Waals surface area contributed by atoms with Crippen LogP contribution in [0, 0.1) is 20.8 Å². The number of nitrogens with one attached hydrogen (secondary N) is 2. The van der Waals surface area contributed by atoms with E-state index in [1.54, 1.807) is 7.05 Å². The molecule has 0 aliphatic rings. The molecule has 0 aliphatic carbocycles. The lowest BCUT2D eigenvalue weighted by atomic mass is 9.99. The fraction of sp³-hybridized carbons (Fsp3) is 0.500. The second kappa shape index (κ2) is 5.82. The molecule has 0 saturated carbocycles. The van der Waals surface area contributed by atoms with Crippen LogP contribution in [0.5, 0.6) is 0 Å². The largest absolute Gasteiger partial charge is 0.358 e. The summed E-state index contributed by atoms with van der Waals surface area (Å²) in [6.07, 6.45) is 0. The summed E-state index contributed by atoms with van der Waals surface area (Å²) >= 11 is 0. The van der Waals surface area contributed by atoms with E-state index < -0.39 is 0 Å². The number of rotatable bonds is 4. The molecule has 1 atom stereocenters. The molecular weight excluding hydrogens is 212 g/mol. The molecule has 17 heavy (non-hydrogen) atoms. The maximum atomic E-state index is 11.4. The Bertz CT molecular complexity index is 390. The van der Waals surface area contributed by atoms with Crippen LogP contribution in [0.4, 0.5) is 0 Å². The van der Waals surface area contributed by atoms with Crippen molar-refractivity contribution in [2.75, 3.05) is 7.05 Å². The molecule has 0 saturated heterocycles. The zero-order valence-corrected chi connectivity index (χ0v) is 11.3. The highest BCUT2D eigenvalue weighted by Crippen LogP contribution is 2.16. The van der Waals surface area contributed by atoms with Crippen LogP contribution < -0.4 is 10.6 Å². The summed E-state index contributed by atoms with van der Waals surface area (Å²) in [5.41, 5.74) is 5.12. The Kier molecular flexibility index (Phi) is 4.70. The van der Waals surface area contributed by atoms with Gasteiger partial charge in [-0.05, 0) is 44.4 Å². The summed E-state index contributed by atoms with van der Waals surface area (Å²) < 4.78 is 0. The predicted octanol–water partition coefficient (Wildman–Crippen LogP) is 1.84. The van der Waals surface area contributed by atoms with Gasteiger partial charge in [-0.15, -0.1) is 0 Å². The average molecular weight is 234 g/mol. The lowest BCUT2D eigenvalue weighted by Crippen LogP contribution is -2.40. The second-order valence-electron chi connectivity index (χ2n) is 4.59. The Balaban J connectivity index is 2.73. The molecule has 0 aromatic heterocycles. The summed E-state index contributed by atoms with van der Waals surface area (Å²) in [4.78, 5) is 11.4. The van der Waals surface area contributed by atoms with Crippen LogP contribution in [0.3, 0.4) is 0 Å². The normalized spacial score (nSPS) is 12.3. The molecule has 1 amide bonds. The molecule has 0 radical (unpaired) electrons. The van der Waals surface area contributed by atoms with E-state index in [0.29, 0.717) is 0 Å². The maximum absolute atomic E-state index is 11.4. The molecular formula is C14H22N2O. The first-order chi connectivity index (χ1) is 7.95. The standard InChI is InChI=1S/C14H22N2O/c1-9-6-10(2)13(11(3)7-9)8-16-12(4)14(17)15-5/h6-7,12,16H,8H2,1-5H3,(H,15,17). The highest BCUT2D eigenvalue weighted by Gasteiger charge is 2.11. The topological polar surface area (TPSA) is 41.1 Å². The summed E-state index contributed by atoms with van der Waals surface area (Å²) in [5, 5.41) is 5.88. The second-order valence-corrected chi connectivity index (χ2v) is 4.59. The minimum Gasteiger partial charge on any atom is -0.358 e. The monoisotopic (exact) mass is 234 g/mol. The summed E-state index contributed by atoms with van der Waals surface area (Å²) in [6, 6.07) is 4.18. The maximum Gasteiger partial charge on any atom is 0.236 e. The van der Waals surface area contributed by atoms with Gasteiger partial charge in [0.15, 0.2) is 0 Å². The molecule has 1 aromatic carbocycles. The Hall–Kier alpha value is -1.35. The Labute approximate surface area is 104 Å². The van der Waals surface area contributed by atoms with Gasteiger partial charge in [0, 0.05) is 13.6 Å². The minimum absolute atomic E-state index is 0.0208. The lowest BCUT2D eigenvalue weighted by molar-refractivity contribution is -0.122. The van der Waals surface area contributed by atoms with Gasteiger partial charge < -0.3 is 10.6 Å². The molecule has 0 bridgehead atoms. The van der Waals surface area contributed by atoms with Crippen LogP contribution >= 0.6 is 0 Å². The molecule has 1 unspecified atom stereocenters. The zero-order chi connectivity index (χ0) is 13.0. The van der Waals surface area contributed by atoms with Crippen LogP contribution in [0.15, 0.2) is 12.1 Å². The van der Waals surface area contributed by atoms with E-state index in [-0.39, 0.29) is 11.9 Å². The van der Waals surface area contributed by atoms with Gasteiger partial charge in [0.2, 0.25) is 5.91 Å². The smallest absolute Gasteiger partial charge is 0.236 e. The van der Waals surface area contributed by atoms with Crippen LogP contribution in [-0.2, 0) is 11.3 Å². The van der Waals surface area contributed by atoms with Crippen LogP contribution in [0.2, 0.25) is 0 Å². The number of aryl methyl sites for hydroxylation is 3. The first-order valence-electron chi connectivity index (χ1n) is 5.97. The summed E-state index contributed by atoms with van der Waals surface area (Å²) in [6.45, 7) is 8.93. The molecule has 3 nitrogen and oxygen atoms in total. The molecule has 0 aliphatic heterocycles. The van der Waals surface area contributed by atoms with Crippen molar-refractivity contribution in [2.24, 2.45) is 0 Å². The van der Waals surface area contributed by atoms with Gasteiger partial charge in [0.1, 0.15) is 0 Å². The molecule has 0 spiro atoms. The predicted molar refractivity (Wildman–Crippen MR) is 71.0 cm³/mol. The van der Waals surface area contributed by atoms with E-state index in [0.717, 1.165) is 6.54 Å². The van der Waals surface area contributed by atoms with Crippen molar-refractivity contribution in [2.45, 2.75) is 40.3 Å². The number of carbonyl (C=O) groups is 1. The Morgan fingerprint density at radius 2 is 1.76 bits per heavy atom. The van der Waals surface area contributed by atoms with Gasteiger partial charge in [0.05, 0.1) is 6.04 Å². The van der Waals surface area contributed by atoms with Crippen LogP contribution in [0.25, 0.3) is 0 Å². The summed E-state index contributed by atoms with van der Waals surface area (Å²) in [7, 11) is 1.66. The highest BCUT2D eigenvalue weighted by atomic mass is 16.2. The third-order valence-corrected chi connectivity index (χ3v) is 3.07. The average Bonchev–Trinajstić information content (AvgIpc) is 2.26. The van der Waals surface area contributed by atoms with Crippen LogP contribution in [-0.4, -0.2) is 19.0 Å². The van der Waals surface area contributed by atoms with Crippen molar-refractivity contribution in [1.82, 2.24) is 10.6 Å². The van der Waals surface area contributed by atoms with Crippen molar-refractivity contribution >= 4 is 5.91 Å². The molecule has 3 heteroatoms. The van der Waals surface area contributed by atoms with Gasteiger partial charge in [-0.1, -0.05) is 17.7 Å².